The molecule has 1 aliphatic heterocycles. The third-order valence-corrected chi connectivity index (χ3v) is 6.57. The van der Waals surface area contributed by atoms with Gasteiger partial charge in [-0.05, 0) is 61.2 Å². The topological polar surface area (TPSA) is 57.6 Å². The smallest absolute Gasteiger partial charge is 0.243 e. The van der Waals surface area contributed by atoms with Crippen LogP contribution in [0.4, 0.5) is 8.78 Å². The van der Waals surface area contributed by atoms with Crippen LogP contribution >= 0.6 is 0 Å². The molecule has 0 unspecified atom stereocenters. The summed E-state index contributed by atoms with van der Waals surface area (Å²) in [6.07, 6.45) is 1.02. The zero-order valence-electron chi connectivity index (χ0n) is 13.7. The van der Waals surface area contributed by atoms with Crippen LogP contribution in [0.2, 0.25) is 0 Å². The van der Waals surface area contributed by atoms with E-state index in [4.69, 9.17) is 0 Å². The van der Waals surface area contributed by atoms with E-state index in [1.165, 1.54) is 35.5 Å². The zero-order valence-corrected chi connectivity index (χ0v) is 14.5. The minimum absolute atomic E-state index is 0.0149. The molecule has 0 spiro atoms. The fourth-order valence-electron chi connectivity index (χ4n) is 3.29. The summed E-state index contributed by atoms with van der Waals surface area (Å²) in [4.78, 5) is -0.0149. The van der Waals surface area contributed by atoms with Crippen molar-refractivity contribution in [2.75, 3.05) is 6.61 Å². The monoisotopic (exact) mass is 367 g/mol. The van der Waals surface area contributed by atoms with E-state index < -0.39 is 33.7 Å². The summed E-state index contributed by atoms with van der Waals surface area (Å²) in [5, 5.41) is 9.63. The molecule has 0 aromatic heterocycles. The van der Waals surface area contributed by atoms with Crippen LogP contribution in [-0.4, -0.2) is 30.5 Å². The van der Waals surface area contributed by atoms with Gasteiger partial charge in [0.05, 0.1) is 17.5 Å². The SMILES string of the molecule is Cc1cc(S(=O)(=O)N2[C@H](CO)CC[C@@H]2c2ccc(F)cc2)ccc1F. The van der Waals surface area contributed by atoms with Gasteiger partial charge in [0, 0.05) is 6.04 Å². The summed E-state index contributed by atoms with van der Waals surface area (Å²) < 4.78 is 54.2. The molecule has 0 amide bonds. The van der Waals surface area contributed by atoms with Crippen molar-refractivity contribution in [1.82, 2.24) is 4.31 Å². The summed E-state index contributed by atoms with van der Waals surface area (Å²) in [6.45, 7) is 1.19. The molecular formula is C18H19F2NO3S. The lowest BCUT2D eigenvalue weighted by Gasteiger charge is -2.29. The summed E-state index contributed by atoms with van der Waals surface area (Å²) in [5.74, 6) is -0.877. The zero-order chi connectivity index (χ0) is 18.2. The standard InChI is InChI=1S/C18H19F2NO3S/c1-12-10-16(7-8-17(12)20)25(23,24)21-15(11-22)6-9-18(21)13-2-4-14(19)5-3-13/h2-5,7-8,10,15,18,22H,6,9,11H2,1H3/t15-,18+/m0/s1. The Bertz CT molecular complexity index is 868. The summed E-state index contributed by atoms with van der Waals surface area (Å²) in [7, 11) is -3.93. The van der Waals surface area contributed by atoms with Crippen molar-refractivity contribution in [1.29, 1.82) is 0 Å². The predicted molar refractivity (Wildman–Crippen MR) is 89.4 cm³/mol. The second-order valence-corrected chi connectivity index (χ2v) is 8.07. The van der Waals surface area contributed by atoms with Crippen LogP contribution in [0.3, 0.4) is 0 Å². The van der Waals surface area contributed by atoms with Crippen molar-refractivity contribution in [3.05, 3.63) is 65.2 Å². The first-order valence-corrected chi connectivity index (χ1v) is 9.44. The second kappa shape index (κ2) is 6.82. The van der Waals surface area contributed by atoms with Gasteiger partial charge < -0.3 is 5.11 Å². The van der Waals surface area contributed by atoms with Crippen LogP contribution < -0.4 is 0 Å². The Labute approximate surface area is 145 Å². The number of benzene rings is 2. The van der Waals surface area contributed by atoms with Crippen LogP contribution in [-0.2, 0) is 10.0 Å². The number of rotatable bonds is 4. The number of aryl methyl sites for hydroxylation is 1. The lowest BCUT2D eigenvalue weighted by molar-refractivity contribution is 0.197. The number of hydrogen-bond donors (Lipinski definition) is 1. The molecule has 2 aromatic rings. The van der Waals surface area contributed by atoms with Gasteiger partial charge in [-0.1, -0.05) is 12.1 Å². The Morgan fingerprint density at radius 1 is 1.12 bits per heavy atom. The number of sulfonamides is 1. The van der Waals surface area contributed by atoms with Crippen molar-refractivity contribution < 1.29 is 22.3 Å². The van der Waals surface area contributed by atoms with E-state index in [0.717, 1.165) is 6.07 Å². The van der Waals surface area contributed by atoms with Crippen molar-refractivity contribution in [2.24, 2.45) is 0 Å². The molecule has 1 aliphatic rings. The van der Waals surface area contributed by atoms with Gasteiger partial charge in [0.15, 0.2) is 0 Å². The highest BCUT2D eigenvalue weighted by Crippen LogP contribution is 2.40. The first-order valence-electron chi connectivity index (χ1n) is 8.00. The molecule has 0 bridgehead atoms. The van der Waals surface area contributed by atoms with E-state index in [0.29, 0.717) is 18.4 Å². The molecule has 1 saturated heterocycles. The molecular weight excluding hydrogens is 348 g/mol. The summed E-state index contributed by atoms with van der Waals surface area (Å²) >= 11 is 0. The van der Waals surface area contributed by atoms with Gasteiger partial charge in [-0.15, -0.1) is 0 Å². The third kappa shape index (κ3) is 3.31. The Morgan fingerprint density at radius 2 is 1.80 bits per heavy atom. The fraction of sp³-hybridized carbons (Fsp3) is 0.333. The molecule has 134 valence electrons. The molecule has 4 nitrogen and oxygen atoms in total. The van der Waals surface area contributed by atoms with Crippen LogP contribution in [0.1, 0.15) is 30.0 Å². The molecule has 2 aromatic carbocycles. The van der Waals surface area contributed by atoms with Crippen molar-refractivity contribution in [3.63, 3.8) is 0 Å². The molecule has 7 heteroatoms. The van der Waals surface area contributed by atoms with E-state index in [2.05, 4.69) is 0 Å². The van der Waals surface area contributed by atoms with E-state index >= 15 is 0 Å². The van der Waals surface area contributed by atoms with Gasteiger partial charge in [0.2, 0.25) is 10.0 Å². The molecule has 25 heavy (non-hydrogen) atoms. The average Bonchev–Trinajstić information content (AvgIpc) is 3.02. The molecule has 3 rings (SSSR count). The fourth-order valence-corrected chi connectivity index (χ4v) is 5.23. The van der Waals surface area contributed by atoms with E-state index in [1.54, 1.807) is 12.1 Å². The van der Waals surface area contributed by atoms with Gasteiger partial charge in [-0.25, -0.2) is 17.2 Å². The lowest BCUT2D eigenvalue weighted by atomic mass is 10.1. The van der Waals surface area contributed by atoms with Crippen LogP contribution in [0.25, 0.3) is 0 Å². The summed E-state index contributed by atoms with van der Waals surface area (Å²) in [5.41, 5.74) is 0.902. The Balaban J connectivity index is 2.05. The largest absolute Gasteiger partial charge is 0.395 e. The lowest BCUT2D eigenvalue weighted by Crippen LogP contribution is -2.39. The van der Waals surface area contributed by atoms with Crippen LogP contribution in [0.5, 0.6) is 0 Å². The molecule has 2 atom stereocenters. The normalized spacial score (nSPS) is 21.6. The highest BCUT2D eigenvalue weighted by Gasteiger charge is 2.42. The minimum Gasteiger partial charge on any atom is -0.395 e. The maximum Gasteiger partial charge on any atom is 0.243 e. The van der Waals surface area contributed by atoms with E-state index in [9.17, 15) is 22.3 Å². The molecule has 0 aliphatic carbocycles. The van der Waals surface area contributed by atoms with Gasteiger partial charge in [-0.2, -0.15) is 4.31 Å². The predicted octanol–water partition coefficient (Wildman–Crippen LogP) is 3.16. The van der Waals surface area contributed by atoms with Gasteiger partial charge >= 0.3 is 0 Å². The first-order chi connectivity index (χ1) is 11.8. The Hall–Kier alpha value is -1.83. The Kier molecular flexibility index (Phi) is 4.90. The average molecular weight is 367 g/mol. The van der Waals surface area contributed by atoms with Crippen LogP contribution in [0, 0.1) is 18.6 Å². The number of hydrogen-bond acceptors (Lipinski definition) is 3. The highest BCUT2D eigenvalue weighted by molar-refractivity contribution is 7.89. The quantitative estimate of drug-likeness (QED) is 0.903. The van der Waals surface area contributed by atoms with Crippen molar-refractivity contribution in [3.8, 4) is 0 Å². The number of aliphatic hydroxyl groups excluding tert-OH is 1. The van der Waals surface area contributed by atoms with Gasteiger partial charge in [0.1, 0.15) is 11.6 Å². The Morgan fingerprint density at radius 3 is 2.40 bits per heavy atom. The van der Waals surface area contributed by atoms with Gasteiger partial charge in [0.25, 0.3) is 0 Å². The summed E-state index contributed by atoms with van der Waals surface area (Å²) in [6, 6.07) is 8.27. The molecule has 1 heterocycles. The maximum absolute atomic E-state index is 13.5. The van der Waals surface area contributed by atoms with Crippen molar-refractivity contribution in [2.45, 2.75) is 36.7 Å². The molecule has 1 fully saturated rings. The van der Waals surface area contributed by atoms with E-state index in [-0.39, 0.29) is 17.1 Å². The van der Waals surface area contributed by atoms with Gasteiger partial charge in [-0.3, -0.25) is 0 Å². The van der Waals surface area contributed by atoms with Crippen molar-refractivity contribution >= 4 is 10.0 Å². The second-order valence-electron chi connectivity index (χ2n) is 6.23. The number of halogens is 2. The number of nitrogens with zero attached hydrogens (tertiary/aromatic N) is 1. The minimum atomic E-state index is -3.93. The molecule has 1 N–H and O–H groups in total. The highest BCUT2D eigenvalue weighted by atomic mass is 32.2. The number of aliphatic hydroxyl groups is 1. The van der Waals surface area contributed by atoms with E-state index in [1.807, 2.05) is 0 Å². The third-order valence-electron chi connectivity index (χ3n) is 4.61. The first kappa shape index (κ1) is 18.0. The molecule has 0 radical (unpaired) electrons. The van der Waals surface area contributed by atoms with Crippen LogP contribution in [0.15, 0.2) is 47.4 Å². The molecule has 0 saturated carbocycles. The maximum atomic E-state index is 13.5.